The first-order valence-electron chi connectivity index (χ1n) is 7.18. The summed E-state index contributed by atoms with van der Waals surface area (Å²) in [5.74, 6) is 0.452. The Morgan fingerprint density at radius 2 is 2.24 bits per heavy atom. The van der Waals surface area contributed by atoms with Gasteiger partial charge in [0.05, 0.1) is 10.2 Å². The van der Waals surface area contributed by atoms with Gasteiger partial charge in [-0.3, -0.25) is 4.79 Å². The summed E-state index contributed by atoms with van der Waals surface area (Å²) < 4.78 is 6.30. The monoisotopic (exact) mass is 305 g/mol. The summed E-state index contributed by atoms with van der Waals surface area (Å²) in [7, 11) is 0. The number of nitrogens with one attached hydrogen (secondary N) is 1. The molecule has 1 aliphatic heterocycles. The Bertz CT molecular complexity index is 649. The Hall–Kier alpha value is -1.66. The van der Waals surface area contributed by atoms with Gasteiger partial charge in [0, 0.05) is 24.8 Å². The van der Waals surface area contributed by atoms with Gasteiger partial charge >= 0.3 is 0 Å². The Kier molecular flexibility index (Phi) is 4.07. The van der Waals surface area contributed by atoms with E-state index in [0.29, 0.717) is 16.6 Å². The SMILES string of the molecule is CC(NC(=O)c1ccc2nc(N)sc2c1)C1CCOCC1. The van der Waals surface area contributed by atoms with Gasteiger partial charge in [0.15, 0.2) is 5.13 Å². The number of hydrogen-bond donors (Lipinski definition) is 2. The van der Waals surface area contributed by atoms with Gasteiger partial charge in [-0.1, -0.05) is 11.3 Å². The van der Waals surface area contributed by atoms with Crippen molar-refractivity contribution < 1.29 is 9.53 Å². The van der Waals surface area contributed by atoms with Crippen LogP contribution in [-0.2, 0) is 4.74 Å². The number of hydrogen-bond acceptors (Lipinski definition) is 5. The van der Waals surface area contributed by atoms with Crippen LogP contribution in [0.15, 0.2) is 18.2 Å². The number of rotatable bonds is 3. The molecule has 0 spiro atoms. The maximum absolute atomic E-state index is 12.4. The lowest BCUT2D eigenvalue weighted by atomic mass is 9.93. The van der Waals surface area contributed by atoms with E-state index in [2.05, 4.69) is 17.2 Å². The lowest BCUT2D eigenvalue weighted by Crippen LogP contribution is -2.40. The molecule has 1 unspecified atom stereocenters. The molecule has 1 aromatic heterocycles. The zero-order valence-electron chi connectivity index (χ0n) is 12.0. The lowest BCUT2D eigenvalue weighted by molar-refractivity contribution is 0.0538. The molecule has 1 saturated heterocycles. The molecule has 0 radical (unpaired) electrons. The number of nitrogens with two attached hydrogens (primary N) is 1. The van der Waals surface area contributed by atoms with Crippen molar-refractivity contribution in [3.05, 3.63) is 23.8 Å². The van der Waals surface area contributed by atoms with Gasteiger partial charge in [-0.15, -0.1) is 0 Å². The Balaban J connectivity index is 1.70. The van der Waals surface area contributed by atoms with Crippen molar-refractivity contribution >= 4 is 32.6 Å². The van der Waals surface area contributed by atoms with E-state index in [1.807, 2.05) is 12.1 Å². The lowest BCUT2D eigenvalue weighted by Gasteiger charge is -2.28. The van der Waals surface area contributed by atoms with Crippen LogP contribution in [0.2, 0.25) is 0 Å². The van der Waals surface area contributed by atoms with E-state index in [1.165, 1.54) is 11.3 Å². The van der Waals surface area contributed by atoms with Crippen LogP contribution in [0.1, 0.15) is 30.1 Å². The summed E-state index contributed by atoms with van der Waals surface area (Å²) in [5, 5.41) is 3.62. The van der Waals surface area contributed by atoms with Gasteiger partial charge in [0.1, 0.15) is 0 Å². The number of benzene rings is 1. The van der Waals surface area contributed by atoms with Crippen molar-refractivity contribution in [2.24, 2.45) is 5.92 Å². The van der Waals surface area contributed by atoms with Gasteiger partial charge < -0.3 is 15.8 Å². The number of anilines is 1. The van der Waals surface area contributed by atoms with E-state index >= 15 is 0 Å². The molecule has 0 aliphatic carbocycles. The van der Waals surface area contributed by atoms with Crippen LogP contribution in [-0.4, -0.2) is 30.1 Å². The van der Waals surface area contributed by atoms with Crippen LogP contribution in [0.4, 0.5) is 5.13 Å². The molecule has 1 amide bonds. The summed E-state index contributed by atoms with van der Waals surface area (Å²) >= 11 is 1.40. The number of nitrogens with zero attached hydrogens (tertiary/aromatic N) is 1. The first-order valence-corrected chi connectivity index (χ1v) is 8.00. The number of aromatic nitrogens is 1. The predicted molar refractivity (Wildman–Crippen MR) is 84.5 cm³/mol. The van der Waals surface area contributed by atoms with E-state index in [9.17, 15) is 4.79 Å². The van der Waals surface area contributed by atoms with Crippen LogP contribution in [0, 0.1) is 5.92 Å². The van der Waals surface area contributed by atoms with Crippen molar-refractivity contribution in [3.63, 3.8) is 0 Å². The molecule has 2 heterocycles. The normalized spacial score (nSPS) is 17.8. The Morgan fingerprint density at radius 1 is 1.48 bits per heavy atom. The average molecular weight is 305 g/mol. The third-order valence-electron chi connectivity index (χ3n) is 4.00. The number of amides is 1. The van der Waals surface area contributed by atoms with Crippen molar-refractivity contribution in [2.45, 2.75) is 25.8 Å². The maximum atomic E-state index is 12.4. The number of carbonyl (C=O) groups is 1. The minimum atomic E-state index is -0.0390. The summed E-state index contributed by atoms with van der Waals surface area (Å²) in [5.41, 5.74) is 7.19. The average Bonchev–Trinajstić information content (AvgIpc) is 2.87. The number of carbonyl (C=O) groups excluding carboxylic acids is 1. The summed E-state index contributed by atoms with van der Waals surface area (Å²) in [4.78, 5) is 16.6. The minimum Gasteiger partial charge on any atom is -0.381 e. The first kappa shape index (κ1) is 14.3. The second-order valence-corrected chi connectivity index (χ2v) is 6.51. The topological polar surface area (TPSA) is 77.2 Å². The maximum Gasteiger partial charge on any atom is 0.251 e. The van der Waals surface area contributed by atoms with Gasteiger partial charge in [-0.2, -0.15) is 0 Å². The van der Waals surface area contributed by atoms with Gasteiger partial charge in [-0.05, 0) is 43.9 Å². The molecule has 21 heavy (non-hydrogen) atoms. The third-order valence-corrected chi connectivity index (χ3v) is 4.85. The molecule has 5 nitrogen and oxygen atoms in total. The highest BCUT2D eigenvalue weighted by molar-refractivity contribution is 7.22. The fourth-order valence-electron chi connectivity index (χ4n) is 2.71. The molecule has 6 heteroatoms. The largest absolute Gasteiger partial charge is 0.381 e. The molecule has 1 atom stereocenters. The molecule has 3 N–H and O–H groups in total. The van der Waals surface area contributed by atoms with Crippen molar-refractivity contribution in [3.8, 4) is 0 Å². The molecule has 1 fully saturated rings. The zero-order chi connectivity index (χ0) is 14.8. The van der Waals surface area contributed by atoms with Gasteiger partial charge in [0.25, 0.3) is 5.91 Å². The van der Waals surface area contributed by atoms with E-state index in [4.69, 9.17) is 10.5 Å². The minimum absolute atomic E-state index is 0.0390. The summed E-state index contributed by atoms with van der Waals surface area (Å²) in [6.07, 6.45) is 2.01. The van der Waals surface area contributed by atoms with Crippen molar-refractivity contribution in [1.82, 2.24) is 10.3 Å². The van der Waals surface area contributed by atoms with Crippen LogP contribution in [0.5, 0.6) is 0 Å². The van der Waals surface area contributed by atoms with E-state index in [0.717, 1.165) is 36.3 Å². The Labute approximate surface area is 127 Å². The second-order valence-electron chi connectivity index (χ2n) is 5.45. The van der Waals surface area contributed by atoms with E-state index in [-0.39, 0.29) is 11.9 Å². The van der Waals surface area contributed by atoms with E-state index in [1.54, 1.807) is 6.07 Å². The quantitative estimate of drug-likeness (QED) is 0.913. The molecule has 3 rings (SSSR count). The number of nitrogen functional groups attached to an aromatic ring is 1. The first-order chi connectivity index (χ1) is 10.1. The molecule has 112 valence electrons. The fraction of sp³-hybridized carbons (Fsp3) is 0.467. The van der Waals surface area contributed by atoms with Crippen molar-refractivity contribution in [1.29, 1.82) is 0 Å². The molecule has 0 bridgehead atoms. The smallest absolute Gasteiger partial charge is 0.251 e. The second kappa shape index (κ2) is 5.99. The molecule has 1 aromatic carbocycles. The number of fused-ring (bicyclic) bond motifs is 1. The molecule has 1 aliphatic rings. The third kappa shape index (κ3) is 3.16. The summed E-state index contributed by atoms with van der Waals surface area (Å²) in [6, 6.07) is 5.66. The van der Waals surface area contributed by atoms with Crippen LogP contribution >= 0.6 is 11.3 Å². The highest BCUT2D eigenvalue weighted by atomic mass is 32.1. The molecule has 2 aromatic rings. The number of ether oxygens (including phenoxy) is 1. The van der Waals surface area contributed by atoms with Gasteiger partial charge in [-0.25, -0.2) is 4.98 Å². The summed E-state index contributed by atoms with van der Waals surface area (Å²) in [6.45, 7) is 3.64. The fourth-order valence-corrected chi connectivity index (χ4v) is 3.48. The van der Waals surface area contributed by atoms with Crippen LogP contribution in [0.3, 0.4) is 0 Å². The highest BCUT2D eigenvalue weighted by Gasteiger charge is 2.22. The highest BCUT2D eigenvalue weighted by Crippen LogP contribution is 2.25. The van der Waals surface area contributed by atoms with Crippen LogP contribution in [0.25, 0.3) is 10.2 Å². The zero-order valence-corrected chi connectivity index (χ0v) is 12.8. The van der Waals surface area contributed by atoms with Gasteiger partial charge in [0.2, 0.25) is 0 Å². The van der Waals surface area contributed by atoms with E-state index < -0.39 is 0 Å². The van der Waals surface area contributed by atoms with Crippen LogP contribution < -0.4 is 11.1 Å². The Morgan fingerprint density at radius 3 is 3.00 bits per heavy atom. The standard InChI is InChI=1S/C15H19N3O2S/c1-9(10-4-6-20-7-5-10)17-14(19)11-2-3-12-13(8-11)21-15(16)18-12/h2-3,8-10H,4-7H2,1H3,(H2,16,18)(H,17,19). The van der Waals surface area contributed by atoms with Crippen molar-refractivity contribution in [2.75, 3.05) is 18.9 Å². The predicted octanol–water partition coefficient (Wildman–Crippen LogP) is 2.42. The molecular formula is C15H19N3O2S. The number of thiazole rings is 1. The molecule has 0 saturated carbocycles. The molecular weight excluding hydrogens is 286 g/mol.